The SMILES string of the molecule is C/C=N\N1C(C(=O)O)=C(OCc2ccccc2)c2cccc(C)c2/C1=C\C. The third kappa shape index (κ3) is 3.49. The summed E-state index contributed by atoms with van der Waals surface area (Å²) in [4.78, 5) is 12.1. The van der Waals surface area contributed by atoms with Crippen LogP contribution in [-0.4, -0.2) is 22.3 Å². The molecule has 0 aliphatic carbocycles. The van der Waals surface area contributed by atoms with Crippen LogP contribution in [-0.2, 0) is 16.1 Å². The summed E-state index contributed by atoms with van der Waals surface area (Å²) in [7, 11) is 0. The van der Waals surface area contributed by atoms with Crippen LogP contribution in [0.2, 0.25) is 0 Å². The molecule has 0 unspecified atom stereocenters. The summed E-state index contributed by atoms with van der Waals surface area (Å²) in [5, 5.41) is 15.7. The second-order valence-electron chi connectivity index (χ2n) is 6.11. The summed E-state index contributed by atoms with van der Waals surface area (Å²) in [6.45, 7) is 5.90. The van der Waals surface area contributed by atoms with Crippen molar-refractivity contribution in [2.45, 2.75) is 27.4 Å². The number of aryl methyl sites for hydroxylation is 1. The van der Waals surface area contributed by atoms with Gasteiger partial charge in [-0.1, -0.05) is 54.6 Å². The standard InChI is InChI=1S/C22H22N2O3/c1-4-18-19-15(3)10-9-13-17(19)21(20(22(25)26)24(18)23-5-2)27-14-16-11-7-6-8-12-16/h4-13H,14H2,1-3H3,(H,25,26)/b18-4+,23-5-. The molecule has 0 spiro atoms. The normalized spacial score (nSPS) is 15.4. The van der Waals surface area contributed by atoms with Crippen molar-refractivity contribution in [1.82, 2.24) is 5.01 Å². The van der Waals surface area contributed by atoms with Gasteiger partial charge in [0, 0.05) is 17.3 Å². The van der Waals surface area contributed by atoms with Crippen LogP contribution in [0.3, 0.4) is 0 Å². The first-order chi connectivity index (χ1) is 13.1. The van der Waals surface area contributed by atoms with E-state index < -0.39 is 5.97 Å². The molecule has 0 saturated carbocycles. The van der Waals surface area contributed by atoms with Gasteiger partial charge in [-0.25, -0.2) is 9.80 Å². The molecule has 1 N–H and O–H groups in total. The van der Waals surface area contributed by atoms with Crippen LogP contribution >= 0.6 is 0 Å². The Morgan fingerprint density at radius 1 is 1.15 bits per heavy atom. The Kier molecular flexibility index (Phi) is 5.41. The third-order valence-corrected chi connectivity index (χ3v) is 4.36. The first-order valence-corrected chi connectivity index (χ1v) is 8.78. The van der Waals surface area contributed by atoms with Gasteiger partial charge in [-0.15, -0.1) is 0 Å². The maximum Gasteiger partial charge on any atom is 0.358 e. The molecular weight excluding hydrogens is 340 g/mol. The molecule has 0 aromatic heterocycles. The summed E-state index contributed by atoms with van der Waals surface area (Å²) in [5.41, 5.74) is 4.42. The first kappa shape index (κ1) is 18.5. The average Bonchev–Trinajstić information content (AvgIpc) is 2.67. The highest BCUT2D eigenvalue weighted by Crippen LogP contribution is 2.41. The molecule has 138 valence electrons. The number of hydrogen-bond acceptors (Lipinski definition) is 4. The number of hydrazone groups is 1. The highest BCUT2D eigenvalue weighted by Gasteiger charge is 2.34. The van der Waals surface area contributed by atoms with E-state index in [2.05, 4.69) is 5.10 Å². The number of ether oxygens (including phenoxy) is 1. The molecule has 0 radical (unpaired) electrons. The minimum atomic E-state index is -1.09. The third-order valence-electron chi connectivity index (χ3n) is 4.36. The Balaban J connectivity index is 2.19. The summed E-state index contributed by atoms with van der Waals surface area (Å²) in [6.07, 6.45) is 3.44. The zero-order valence-electron chi connectivity index (χ0n) is 15.6. The fraction of sp³-hybridized carbons (Fsp3) is 0.182. The molecule has 0 bridgehead atoms. The Morgan fingerprint density at radius 3 is 2.52 bits per heavy atom. The van der Waals surface area contributed by atoms with Crippen LogP contribution in [0.15, 0.2) is 65.4 Å². The van der Waals surface area contributed by atoms with Gasteiger partial charge in [0.25, 0.3) is 0 Å². The van der Waals surface area contributed by atoms with Gasteiger partial charge in [-0.05, 0) is 31.9 Å². The molecule has 27 heavy (non-hydrogen) atoms. The van der Waals surface area contributed by atoms with Crippen LogP contribution in [0.4, 0.5) is 0 Å². The van der Waals surface area contributed by atoms with Crippen molar-refractivity contribution in [2.24, 2.45) is 5.10 Å². The largest absolute Gasteiger partial charge is 0.486 e. The second-order valence-corrected chi connectivity index (χ2v) is 6.11. The number of allylic oxidation sites excluding steroid dienone is 1. The molecule has 2 aromatic carbocycles. The number of fused-ring (bicyclic) bond motifs is 1. The number of aliphatic carboxylic acids is 1. The molecule has 3 rings (SSSR count). The topological polar surface area (TPSA) is 62.1 Å². The maximum absolute atomic E-state index is 12.1. The molecular formula is C22H22N2O3. The minimum absolute atomic E-state index is 0.00947. The van der Waals surface area contributed by atoms with Crippen LogP contribution in [0.25, 0.3) is 11.5 Å². The van der Waals surface area contributed by atoms with Gasteiger partial charge in [-0.3, -0.25) is 0 Å². The van der Waals surface area contributed by atoms with E-state index in [1.54, 1.807) is 13.1 Å². The van der Waals surface area contributed by atoms with Gasteiger partial charge in [0.15, 0.2) is 11.5 Å². The molecule has 0 amide bonds. The maximum atomic E-state index is 12.1. The van der Waals surface area contributed by atoms with Crippen LogP contribution in [0, 0.1) is 6.92 Å². The molecule has 2 aromatic rings. The lowest BCUT2D eigenvalue weighted by Crippen LogP contribution is -2.28. The Morgan fingerprint density at radius 2 is 1.89 bits per heavy atom. The van der Waals surface area contributed by atoms with Gasteiger partial charge in [0.05, 0.1) is 5.70 Å². The molecule has 1 heterocycles. The number of nitrogens with zero attached hydrogens (tertiary/aromatic N) is 2. The minimum Gasteiger partial charge on any atom is -0.486 e. The first-order valence-electron chi connectivity index (χ1n) is 8.78. The van der Waals surface area contributed by atoms with E-state index in [0.717, 1.165) is 28.0 Å². The van der Waals surface area contributed by atoms with Crippen LogP contribution in [0.1, 0.15) is 36.1 Å². The number of rotatable bonds is 5. The summed E-state index contributed by atoms with van der Waals surface area (Å²) in [6, 6.07) is 15.5. The van der Waals surface area contributed by atoms with E-state index in [-0.39, 0.29) is 12.3 Å². The Bertz CT molecular complexity index is 943. The highest BCUT2D eigenvalue weighted by atomic mass is 16.5. The Hall–Kier alpha value is -3.34. The molecule has 5 nitrogen and oxygen atoms in total. The van der Waals surface area contributed by atoms with Gasteiger partial charge < -0.3 is 9.84 Å². The summed E-state index contributed by atoms with van der Waals surface area (Å²) >= 11 is 0. The highest BCUT2D eigenvalue weighted by molar-refractivity contribution is 6.00. The van der Waals surface area contributed by atoms with Crippen molar-refractivity contribution >= 4 is 23.6 Å². The number of carboxylic acid groups (broad SMARTS) is 1. The van der Waals surface area contributed by atoms with Gasteiger partial charge in [0.2, 0.25) is 0 Å². The van der Waals surface area contributed by atoms with Crippen molar-refractivity contribution in [3.8, 4) is 0 Å². The number of carbonyl (C=O) groups is 1. The zero-order chi connectivity index (χ0) is 19.4. The van der Waals surface area contributed by atoms with E-state index in [1.165, 1.54) is 5.01 Å². The smallest absolute Gasteiger partial charge is 0.358 e. The molecule has 0 fully saturated rings. The predicted octanol–water partition coefficient (Wildman–Crippen LogP) is 4.65. The van der Waals surface area contributed by atoms with E-state index in [4.69, 9.17) is 4.74 Å². The molecule has 5 heteroatoms. The lowest BCUT2D eigenvalue weighted by molar-refractivity contribution is -0.134. The van der Waals surface area contributed by atoms with Crippen molar-refractivity contribution in [2.75, 3.05) is 0 Å². The zero-order valence-corrected chi connectivity index (χ0v) is 15.6. The number of carboxylic acids is 1. The van der Waals surface area contributed by atoms with Gasteiger partial charge >= 0.3 is 5.97 Å². The van der Waals surface area contributed by atoms with E-state index in [1.807, 2.05) is 68.5 Å². The quantitative estimate of drug-likeness (QED) is 0.787. The second kappa shape index (κ2) is 7.91. The lowest BCUT2D eigenvalue weighted by atomic mass is 9.93. The molecule has 0 atom stereocenters. The molecule has 1 aliphatic heterocycles. The van der Waals surface area contributed by atoms with Crippen molar-refractivity contribution in [1.29, 1.82) is 0 Å². The molecule has 0 saturated heterocycles. The van der Waals surface area contributed by atoms with E-state index in [0.29, 0.717) is 5.76 Å². The van der Waals surface area contributed by atoms with Crippen molar-refractivity contribution < 1.29 is 14.6 Å². The van der Waals surface area contributed by atoms with E-state index >= 15 is 0 Å². The van der Waals surface area contributed by atoms with Crippen molar-refractivity contribution in [3.63, 3.8) is 0 Å². The van der Waals surface area contributed by atoms with Gasteiger partial charge in [0.1, 0.15) is 6.61 Å². The predicted molar refractivity (Wildman–Crippen MR) is 107 cm³/mol. The average molecular weight is 362 g/mol. The van der Waals surface area contributed by atoms with Gasteiger partial charge in [-0.2, -0.15) is 5.10 Å². The van der Waals surface area contributed by atoms with Crippen molar-refractivity contribution in [3.05, 3.63) is 82.6 Å². The lowest BCUT2D eigenvalue weighted by Gasteiger charge is -2.32. The van der Waals surface area contributed by atoms with E-state index in [9.17, 15) is 9.90 Å². The fourth-order valence-corrected chi connectivity index (χ4v) is 3.21. The fourth-order valence-electron chi connectivity index (χ4n) is 3.21. The van der Waals surface area contributed by atoms with Crippen LogP contribution in [0.5, 0.6) is 0 Å². The number of benzene rings is 2. The molecule has 1 aliphatic rings. The van der Waals surface area contributed by atoms with Crippen LogP contribution < -0.4 is 0 Å². The monoisotopic (exact) mass is 362 g/mol. The number of hydrogen-bond donors (Lipinski definition) is 1. The summed E-state index contributed by atoms with van der Waals surface area (Å²) < 4.78 is 6.05. The summed E-state index contributed by atoms with van der Waals surface area (Å²) in [5.74, 6) is -0.767. The Labute approximate surface area is 158 Å².